The molecule has 3 rings (SSSR count). The van der Waals surface area contributed by atoms with Gasteiger partial charge in [0, 0.05) is 30.8 Å². The molecular weight excluding hydrogens is 316 g/mol. The average Bonchev–Trinajstić information content (AvgIpc) is 2.87. The van der Waals surface area contributed by atoms with Gasteiger partial charge in [-0.1, -0.05) is 31.7 Å². The Kier molecular flexibility index (Phi) is 5.95. The van der Waals surface area contributed by atoms with Crippen LogP contribution in [0.4, 0.5) is 5.69 Å². The summed E-state index contributed by atoms with van der Waals surface area (Å²) in [5.41, 5.74) is 0.844. The van der Waals surface area contributed by atoms with Crippen LogP contribution in [0.2, 0.25) is 0 Å². The van der Waals surface area contributed by atoms with E-state index in [0.29, 0.717) is 12.2 Å². The van der Waals surface area contributed by atoms with Gasteiger partial charge in [-0.05, 0) is 38.3 Å². The lowest BCUT2D eigenvalue weighted by Crippen LogP contribution is -2.42. The summed E-state index contributed by atoms with van der Waals surface area (Å²) in [6.07, 6.45) is 7.97. The van der Waals surface area contributed by atoms with Crippen LogP contribution in [0.5, 0.6) is 5.75 Å². The van der Waals surface area contributed by atoms with E-state index in [4.69, 9.17) is 4.74 Å². The third-order valence-corrected chi connectivity index (χ3v) is 5.09. The standard InChI is InChI=1S/C20H28N2O3/c1-15(20(24)21-16-8-4-2-3-5-9-16)25-18-11-6-10-17(14-18)22-13-7-12-19(22)23/h6,10-11,14-16H,2-5,7-9,12-13H2,1H3,(H,21,24). The van der Waals surface area contributed by atoms with Crippen LogP contribution >= 0.6 is 0 Å². The Bertz CT molecular complexity index is 609. The predicted octanol–water partition coefficient (Wildman–Crippen LogP) is 3.42. The molecule has 1 unspecified atom stereocenters. The first kappa shape index (κ1) is 17.8. The minimum atomic E-state index is -0.548. The van der Waals surface area contributed by atoms with E-state index in [2.05, 4.69) is 5.32 Å². The van der Waals surface area contributed by atoms with E-state index in [9.17, 15) is 9.59 Å². The fourth-order valence-corrected chi connectivity index (χ4v) is 3.65. The Morgan fingerprint density at radius 1 is 1.20 bits per heavy atom. The number of carbonyl (C=O) groups is 2. The molecule has 136 valence electrons. The van der Waals surface area contributed by atoms with Gasteiger partial charge in [0.05, 0.1) is 0 Å². The molecule has 0 aromatic heterocycles. The smallest absolute Gasteiger partial charge is 0.260 e. The molecule has 1 aliphatic carbocycles. The molecule has 0 bridgehead atoms. The molecule has 1 saturated carbocycles. The average molecular weight is 344 g/mol. The largest absolute Gasteiger partial charge is 0.481 e. The number of anilines is 1. The van der Waals surface area contributed by atoms with Gasteiger partial charge in [-0.3, -0.25) is 9.59 Å². The van der Waals surface area contributed by atoms with Crippen molar-refractivity contribution in [3.8, 4) is 5.75 Å². The molecule has 1 heterocycles. The second-order valence-electron chi connectivity index (χ2n) is 7.10. The van der Waals surface area contributed by atoms with E-state index in [0.717, 1.165) is 31.5 Å². The SMILES string of the molecule is CC(Oc1cccc(N2CCCC2=O)c1)C(=O)NC1CCCCCC1. The molecular formula is C20H28N2O3. The van der Waals surface area contributed by atoms with Crippen LogP contribution < -0.4 is 15.0 Å². The van der Waals surface area contributed by atoms with Crippen molar-refractivity contribution in [2.75, 3.05) is 11.4 Å². The van der Waals surface area contributed by atoms with Crippen LogP contribution in [-0.2, 0) is 9.59 Å². The molecule has 1 aliphatic heterocycles. The van der Waals surface area contributed by atoms with E-state index < -0.39 is 6.10 Å². The van der Waals surface area contributed by atoms with Crippen LogP contribution in [0.1, 0.15) is 58.3 Å². The van der Waals surface area contributed by atoms with E-state index >= 15 is 0 Å². The maximum Gasteiger partial charge on any atom is 0.260 e. The number of nitrogens with zero attached hydrogens (tertiary/aromatic N) is 1. The van der Waals surface area contributed by atoms with Crippen LogP contribution in [0.25, 0.3) is 0 Å². The van der Waals surface area contributed by atoms with Crippen LogP contribution in [0.15, 0.2) is 24.3 Å². The van der Waals surface area contributed by atoms with Crippen molar-refractivity contribution in [3.63, 3.8) is 0 Å². The zero-order valence-corrected chi connectivity index (χ0v) is 15.0. The number of ether oxygens (including phenoxy) is 1. The quantitative estimate of drug-likeness (QED) is 0.833. The van der Waals surface area contributed by atoms with Crippen molar-refractivity contribution >= 4 is 17.5 Å². The van der Waals surface area contributed by atoms with Gasteiger partial charge >= 0.3 is 0 Å². The molecule has 1 aromatic rings. The minimum Gasteiger partial charge on any atom is -0.481 e. The number of benzene rings is 1. The second kappa shape index (κ2) is 8.37. The molecule has 2 fully saturated rings. The molecule has 5 heteroatoms. The number of carbonyl (C=O) groups excluding carboxylic acids is 2. The molecule has 2 amide bonds. The number of hydrogen-bond donors (Lipinski definition) is 1. The monoisotopic (exact) mass is 344 g/mol. The Morgan fingerprint density at radius 2 is 1.96 bits per heavy atom. The molecule has 0 radical (unpaired) electrons. The highest BCUT2D eigenvalue weighted by atomic mass is 16.5. The molecule has 5 nitrogen and oxygen atoms in total. The Balaban J connectivity index is 1.57. The van der Waals surface area contributed by atoms with E-state index in [-0.39, 0.29) is 17.9 Å². The summed E-state index contributed by atoms with van der Waals surface area (Å²) in [4.78, 5) is 26.1. The Hall–Kier alpha value is -2.04. The number of hydrogen-bond acceptors (Lipinski definition) is 3. The number of rotatable bonds is 5. The lowest BCUT2D eigenvalue weighted by Gasteiger charge is -2.21. The van der Waals surface area contributed by atoms with Crippen LogP contribution in [-0.4, -0.2) is 30.5 Å². The third-order valence-electron chi connectivity index (χ3n) is 5.09. The summed E-state index contributed by atoms with van der Waals surface area (Å²) >= 11 is 0. The highest BCUT2D eigenvalue weighted by Crippen LogP contribution is 2.26. The molecule has 0 spiro atoms. The Morgan fingerprint density at radius 3 is 2.64 bits per heavy atom. The second-order valence-corrected chi connectivity index (χ2v) is 7.10. The summed E-state index contributed by atoms with van der Waals surface area (Å²) in [5, 5.41) is 3.13. The lowest BCUT2D eigenvalue weighted by atomic mass is 10.1. The van der Waals surface area contributed by atoms with Crippen LogP contribution in [0, 0.1) is 0 Å². The van der Waals surface area contributed by atoms with Gasteiger partial charge in [0.1, 0.15) is 5.75 Å². The van der Waals surface area contributed by atoms with Crippen molar-refractivity contribution in [1.82, 2.24) is 5.32 Å². The van der Waals surface area contributed by atoms with Gasteiger partial charge in [0.25, 0.3) is 5.91 Å². The van der Waals surface area contributed by atoms with Crippen molar-refractivity contribution in [2.24, 2.45) is 0 Å². The van der Waals surface area contributed by atoms with E-state index in [1.54, 1.807) is 11.8 Å². The van der Waals surface area contributed by atoms with Gasteiger partial charge in [-0.25, -0.2) is 0 Å². The van der Waals surface area contributed by atoms with Crippen LogP contribution in [0.3, 0.4) is 0 Å². The first-order valence-corrected chi connectivity index (χ1v) is 9.51. The van der Waals surface area contributed by atoms with Gasteiger partial charge < -0.3 is 15.0 Å². The van der Waals surface area contributed by atoms with Crippen molar-refractivity contribution < 1.29 is 14.3 Å². The van der Waals surface area contributed by atoms with E-state index in [1.807, 2.05) is 24.3 Å². The summed E-state index contributed by atoms with van der Waals surface area (Å²) in [6, 6.07) is 7.73. The van der Waals surface area contributed by atoms with Crippen molar-refractivity contribution in [1.29, 1.82) is 0 Å². The fraction of sp³-hybridized carbons (Fsp3) is 0.600. The van der Waals surface area contributed by atoms with Crippen molar-refractivity contribution in [3.05, 3.63) is 24.3 Å². The van der Waals surface area contributed by atoms with Crippen molar-refractivity contribution in [2.45, 2.75) is 70.4 Å². The molecule has 1 atom stereocenters. The molecule has 1 N–H and O–H groups in total. The molecule has 1 saturated heterocycles. The highest BCUT2D eigenvalue weighted by Gasteiger charge is 2.23. The maximum atomic E-state index is 12.4. The number of nitrogens with one attached hydrogen (secondary N) is 1. The van der Waals surface area contributed by atoms with Gasteiger partial charge in [-0.15, -0.1) is 0 Å². The summed E-state index contributed by atoms with van der Waals surface area (Å²) in [5.74, 6) is 0.714. The minimum absolute atomic E-state index is 0.0606. The predicted molar refractivity (Wildman–Crippen MR) is 97.8 cm³/mol. The highest BCUT2D eigenvalue weighted by molar-refractivity contribution is 5.95. The fourth-order valence-electron chi connectivity index (χ4n) is 3.65. The summed E-state index contributed by atoms with van der Waals surface area (Å²) < 4.78 is 5.83. The zero-order valence-electron chi connectivity index (χ0n) is 15.0. The third kappa shape index (κ3) is 4.74. The summed E-state index contributed by atoms with van der Waals surface area (Å²) in [7, 11) is 0. The first-order valence-electron chi connectivity index (χ1n) is 9.51. The van der Waals surface area contributed by atoms with Gasteiger partial charge in [0.2, 0.25) is 5.91 Å². The molecule has 2 aliphatic rings. The van der Waals surface area contributed by atoms with Gasteiger partial charge in [0.15, 0.2) is 6.10 Å². The first-order chi connectivity index (χ1) is 12.1. The van der Waals surface area contributed by atoms with Gasteiger partial charge in [-0.2, -0.15) is 0 Å². The Labute approximate surface area is 149 Å². The lowest BCUT2D eigenvalue weighted by molar-refractivity contribution is -0.128. The zero-order chi connectivity index (χ0) is 17.6. The molecule has 25 heavy (non-hydrogen) atoms. The normalized spacial score (nSPS) is 20.2. The van der Waals surface area contributed by atoms with E-state index in [1.165, 1.54) is 25.7 Å². The number of amides is 2. The summed E-state index contributed by atoms with van der Waals surface area (Å²) in [6.45, 7) is 2.53. The maximum absolute atomic E-state index is 12.4. The topological polar surface area (TPSA) is 58.6 Å². The molecule has 1 aromatic carbocycles.